The minimum atomic E-state index is 0.590. The number of aromatic nitrogens is 1. The first kappa shape index (κ1) is 9.73. The topological polar surface area (TPSA) is 77.0 Å². The molecule has 0 saturated carbocycles. The summed E-state index contributed by atoms with van der Waals surface area (Å²) in [6, 6.07) is 7.72. The normalized spacial score (nSPS) is 10.5. The fourth-order valence-corrected chi connectivity index (χ4v) is 1.53. The maximum Gasteiger partial charge on any atom is 0.133 e. The number of nitrogens with two attached hydrogens (primary N) is 2. The summed E-state index contributed by atoms with van der Waals surface area (Å²) in [6.07, 6.45) is 1.76. The lowest BCUT2D eigenvalue weighted by molar-refractivity contribution is 1.02. The molecule has 0 bridgehead atoms. The molecule has 0 radical (unpaired) electrons. The summed E-state index contributed by atoms with van der Waals surface area (Å²) in [5, 5.41) is 5.34. The van der Waals surface area contributed by atoms with Gasteiger partial charge in [-0.2, -0.15) is 0 Å². The predicted molar refractivity (Wildman–Crippen MR) is 63.7 cm³/mol. The Kier molecular flexibility index (Phi) is 2.69. The summed E-state index contributed by atoms with van der Waals surface area (Å²) in [4.78, 5) is 4.27. The van der Waals surface area contributed by atoms with Crippen LogP contribution in [0.1, 0.15) is 0 Å². The van der Waals surface area contributed by atoms with Gasteiger partial charge in [-0.25, -0.2) is 4.98 Å². The summed E-state index contributed by atoms with van der Waals surface area (Å²) < 4.78 is 0. The number of hydrogen-bond donors (Lipinski definition) is 3. The van der Waals surface area contributed by atoms with E-state index in [0.717, 1.165) is 28.8 Å². The second kappa shape index (κ2) is 4.14. The standard InChI is InChI=1S/C11H14N4/c12-4-6-15-11-10-2-1-9(13)7-8(10)3-5-14-11/h1-3,5,7H,4,6,12-13H2,(H,14,15). The molecule has 4 heteroatoms. The van der Waals surface area contributed by atoms with E-state index in [-0.39, 0.29) is 0 Å². The first-order valence-electron chi connectivity index (χ1n) is 4.89. The molecule has 0 atom stereocenters. The number of pyridine rings is 1. The SMILES string of the molecule is NCCNc1nccc2cc(N)ccc12. The van der Waals surface area contributed by atoms with Gasteiger partial charge >= 0.3 is 0 Å². The number of hydrogen-bond acceptors (Lipinski definition) is 4. The maximum absolute atomic E-state index is 5.71. The van der Waals surface area contributed by atoms with Crippen LogP contribution in [-0.2, 0) is 0 Å². The van der Waals surface area contributed by atoms with E-state index in [1.807, 2.05) is 24.3 Å². The van der Waals surface area contributed by atoms with Crippen LogP contribution in [0.25, 0.3) is 10.8 Å². The molecule has 4 nitrogen and oxygen atoms in total. The van der Waals surface area contributed by atoms with E-state index < -0.39 is 0 Å². The molecule has 2 aromatic rings. The molecule has 0 unspecified atom stereocenters. The van der Waals surface area contributed by atoms with Crippen LogP contribution in [0.5, 0.6) is 0 Å². The van der Waals surface area contributed by atoms with Crippen LogP contribution in [0.15, 0.2) is 30.5 Å². The molecule has 78 valence electrons. The van der Waals surface area contributed by atoms with Gasteiger partial charge in [0, 0.05) is 30.4 Å². The zero-order valence-electron chi connectivity index (χ0n) is 8.40. The Labute approximate surface area is 88.3 Å². The Morgan fingerprint density at radius 1 is 1.27 bits per heavy atom. The van der Waals surface area contributed by atoms with Crippen LogP contribution in [0, 0.1) is 0 Å². The van der Waals surface area contributed by atoms with Crippen LogP contribution < -0.4 is 16.8 Å². The highest BCUT2D eigenvalue weighted by molar-refractivity contribution is 5.93. The van der Waals surface area contributed by atoms with Crippen molar-refractivity contribution in [3.05, 3.63) is 30.5 Å². The zero-order chi connectivity index (χ0) is 10.7. The molecule has 2 rings (SSSR count). The van der Waals surface area contributed by atoms with Crippen LogP contribution in [-0.4, -0.2) is 18.1 Å². The van der Waals surface area contributed by atoms with E-state index in [4.69, 9.17) is 11.5 Å². The highest BCUT2D eigenvalue weighted by Crippen LogP contribution is 2.22. The maximum atomic E-state index is 5.71. The van der Waals surface area contributed by atoms with Crippen LogP contribution in [0.4, 0.5) is 11.5 Å². The largest absolute Gasteiger partial charge is 0.399 e. The number of fused-ring (bicyclic) bond motifs is 1. The summed E-state index contributed by atoms with van der Waals surface area (Å²) in [7, 11) is 0. The Balaban J connectivity index is 2.46. The molecule has 15 heavy (non-hydrogen) atoms. The number of nitrogens with one attached hydrogen (secondary N) is 1. The van der Waals surface area contributed by atoms with E-state index in [2.05, 4.69) is 10.3 Å². The van der Waals surface area contributed by atoms with Crippen LogP contribution in [0.2, 0.25) is 0 Å². The average Bonchev–Trinajstić information content (AvgIpc) is 2.25. The zero-order valence-corrected chi connectivity index (χ0v) is 8.40. The van der Waals surface area contributed by atoms with Gasteiger partial charge in [0.2, 0.25) is 0 Å². The lowest BCUT2D eigenvalue weighted by Gasteiger charge is -2.07. The molecule has 0 saturated heterocycles. The molecule has 0 amide bonds. The number of anilines is 2. The molecule has 1 heterocycles. The van der Waals surface area contributed by atoms with E-state index in [9.17, 15) is 0 Å². The van der Waals surface area contributed by atoms with E-state index in [0.29, 0.717) is 6.54 Å². The second-order valence-electron chi connectivity index (χ2n) is 3.36. The first-order valence-corrected chi connectivity index (χ1v) is 4.89. The van der Waals surface area contributed by atoms with E-state index in [1.54, 1.807) is 6.20 Å². The van der Waals surface area contributed by atoms with Gasteiger partial charge in [-0.3, -0.25) is 0 Å². The summed E-state index contributed by atoms with van der Waals surface area (Å²) in [5.41, 5.74) is 11.9. The van der Waals surface area contributed by atoms with Crippen molar-refractivity contribution in [1.82, 2.24) is 4.98 Å². The molecular weight excluding hydrogens is 188 g/mol. The van der Waals surface area contributed by atoms with Crippen molar-refractivity contribution >= 4 is 22.3 Å². The molecule has 0 aliphatic carbocycles. The quantitative estimate of drug-likeness (QED) is 0.653. The van der Waals surface area contributed by atoms with Crippen molar-refractivity contribution in [1.29, 1.82) is 0 Å². The number of benzene rings is 1. The lowest BCUT2D eigenvalue weighted by atomic mass is 10.1. The second-order valence-corrected chi connectivity index (χ2v) is 3.36. The third-order valence-electron chi connectivity index (χ3n) is 2.23. The van der Waals surface area contributed by atoms with Gasteiger partial charge in [0.25, 0.3) is 0 Å². The third kappa shape index (κ3) is 1.99. The highest BCUT2D eigenvalue weighted by atomic mass is 15.0. The van der Waals surface area contributed by atoms with Gasteiger partial charge in [0.1, 0.15) is 5.82 Å². The fourth-order valence-electron chi connectivity index (χ4n) is 1.53. The van der Waals surface area contributed by atoms with Gasteiger partial charge < -0.3 is 16.8 Å². The smallest absolute Gasteiger partial charge is 0.133 e. The monoisotopic (exact) mass is 202 g/mol. The number of nitrogen functional groups attached to an aromatic ring is 1. The Hall–Kier alpha value is -1.81. The summed E-state index contributed by atoms with van der Waals surface area (Å²) in [5.74, 6) is 0.859. The molecule has 0 fully saturated rings. The summed E-state index contributed by atoms with van der Waals surface area (Å²) in [6.45, 7) is 1.31. The third-order valence-corrected chi connectivity index (χ3v) is 2.23. The van der Waals surface area contributed by atoms with E-state index in [1.165, 1.54) is 0 Å². The molecule has 0 spiro atoms. The Morgan fingerprint density at radius 3 is 2.93 bits per heavy atom. The minimum Gasteiger partial charge on any atom is -0.399 e. The molecule has 0 aliphatic rings. The molecule has 0 aliphatic heterocycles. The Bertz CT molecular complexity index is 467. The average molecular weight is 202 g/mol. The van der Waals surface area contributed by atoms with Crippen molar-refractivity contribution in [2.45, 2.75) is 0 Å². The molecule has 1 aromatic heterocycles. The van der Waals surface area contributed by atoms with Gasteiger partial charge in [0.15, 0.2) is 0 Å². The molecule has 1 aromatic carbocycles. The van der Waals surface area contributed by atoms with Crippen molar-refractivity contribution in [3.63, 3.8) is 0 Å². The van der Waals surface area contributed by atoms with Gasteiger partial charge in [-0.05, 0) is 29.7 Å². The van der Waals surface area contributed by atoms with Crippen molar-refractivity contribution in [3.8, 4) is 0 Å². The minimum absolute atomic E-state index is 0.590. The number of nitrogens with zero attached hydrogens (tertiary/aromatic N) is 1. The van der Waals surface area contributed by atoms with Crippen molar-refractivity contribution in [2.75, 3.05) is 24.1 Å². The van der Waals surface area contributed by atoms with Crippen molar-refractivity contribution < 1.29 is 0 Å². The van der Waals surface area contributed by atoms with Gasteiger partial charge in [0.05, 0.1) is 0 Å². The van der Waals surface area contributed by atoms with Crippen LogP contribution >= 0.6 is 0 Å². The summed E-state index contributed by atoms with van der Waals surface area (Å²) >= 11 is 0. The number of rotatable bonds is 3. The fraction of sp³-hybridized carbons (Fsp3) is 0.182. The van der Waals surface area contributed by atoms with Gasteiger partial charge in [-0.1, -0.05) is 0 Å². The van der Waals surface area contributed by atoms with Gasteiger partial charge in [-0.15, -0.1) is 0 Å². The highest BCUT2D eigenvalue weighted by Gasteiger charge is 2.00. The van der Waals surface area contributed by atoms with Crippen molar-refractivity contribution in [2.24, 2.45) is 5.73 Å². The first-order chi connectivity index (χ1) is 7.31. The molecule has 5 N–H and O–H groups in total. The lowest BCUT2D eigenvalue weighted by Crippen LogP contribution is -2.14. The predicted octanol–water partition coefficient (Wildman–Crippen LogP) is 1.19. The van der Waals surface area contributed by atoms with Crippen LogP contribution in [0.3, 0.4) is 0 Å². The Morgan fingerprint density at radius 2 is 2.13 bits per heavy atom. The van der Waals surface area contributed by atoms with E-state index >= 15 is 0 Å². The molecular formula is C11H14N4.